The van der Waals surface area contributed by atoms with Crippen LogP contribution in [0.3, 0.4) is 0 Å². The lowest BCUT2D eigenvalue weighted by atomic mass is 10.1. The summed E-state index contributed by atoms with van der Waals surface area (Å²) in [4.78, 5) is 0. The van der Waals surface area contributed by atoms with E-state index in [-0.39, 0.29) is 0 Å². The Morgan fingerprint density at radius 3 is 2.53 bits per heavy atom. The first-order valence-corrected chi connectivity index (χ1v) is 5.81. The maximum atomic E-state index is 5.87. The fourth-order valence-corrected chi connectivity index (χ4v) is 1.72. The summed E-state index contributed by atoms with van der Waals surface area (Å²) in [6.07, 6.45) is 2.80. The highest BCUT2D eigenvalue weighted by Gasteiger charge is 2.03. The van der Waals surface area contributed by atoms with Gasteiger partial charge in [-0.2, -0.15) is 0 Å². The lowest BCUT2D eigenvalue weighted by Gasteiger charge is -2.10. The SMILES string of the molecule is C=Cc1ccc(Oc2ccccc2)c(CC)c1. The highest BCUT2D eigenvalue weighted by Crippen LogP contribution is 2.26. The van der Waals surface area contributed by atoms with Crippen molar-refractivity contribution < 1.29 is 4.74 Å². The minimum atomic E-state index is 0.869. The van der Waals surface area contributed by atoms with E-state index < -0.39 is 0 Å². The molecule has 2 aromatic carbocycles. The quantitative estimate of drug-likeness (QED) is 0.732. The van der Waals surface area contributed by atoms with Crippen molar-refractivity contribution in [2.75, 3.05) is 0 Å². The third kappa shape index (κ3) is 2.76. The molecule has 1 heteroatoms. The lowest BCUT2D eigenvalue weighted by Crippen LogP contribution is -1.91. The zero-order valence-electron chi connectivity index (χ0n) is 10.0. The molecule has 0 radical (unpaired) electrons. The third-order valence-electron chi connectivity index (χ3n) is 2.67. The van der Waals surface area contributed by atoms with Crippen LogP contribution < -0.4 is 4.74 Å². The zero-order valence-corrected chi connectivity index (χ0v) is 10.0. The van der Waals surface area contributed by atoms with Crippen LogP contribution in [-0.4, -0.2) is 0 Å². The Labute approximate surface area is 102 Å². The van der Waals surface area contributed by atoms with Gasteiger partial charge < -0.3 is 4.74 Å². The lowest BCUT2D eigenvalue weighted by molar-refractivity contribution is 0.477. The Balaban J connectivity index is 2.29. The standard InChI is InChI=1S/C16H16O/c1-3-13-10-11-16(14(4-2)12-13)17-15-8-6-5-7-9-15/h3,5-12H,1,4H2,2H3. The number of hydrogen-bond donors (Lipinski definition) is 0. The molecule has 0 spiro atoms. The van der Waals surface area contributed by atoms with Crippen LogP contribution in [0.15, 0.2) is 55.1 Å². The van der Waals surface area contributed by atoms with Crippen LogP contribution in [0.25, 0.3) is 6.08 Å². The Morgan fingerprint density at radius 1 is 1.12 bits per heavy atom. The van der Waals surface area contributed by atoms with E-state index in [1.165, 1.54) is 5.56 Å². The molecular weight excluding hydrogens is 208 g/mol. The third-order valence-corrected chi connectivity index (χ3v) is 2.67. The molecule has 0 saturated carbocycles. The monoisotopic (exact) mass is 224 g/mol. The highest BCUT2D eigenvalue weighted by atomic mass is 16.5. The molecule has 0 fully saturated rings. The van der Waals surface area contributed by atoms with E-state index in [1.54, 1.807) is 0 Å². The molecule has 2 rings (SSSR count). The minimum Gasteiger partial charge on any atom is -0.457 e. The minimum absolute atomic E-state index is 0.869. The van der Waals surface area contributed by atoms with Gasteiger partial charge in [-0.25, -0.2) is 0 Å². The molecule has 2 aromatic rings. The van der Waals surface area contributed by atoms with Gasteiger partial charge in [-0.3, -0.25) is 0 Å². The molecule has 0 aromatic heterocycles. The van der Waals surface area contributed by atoms with Gasteiger partial charge in [0.25, 0.3) is 0 Å². The predicted molar refractivity (Wildman–Crippen MR) is 72.4 cm³/mol. The van der Waals surface area contributed by atoms with Crippen molar-refractivity contribution in [3.05, 3.63) is 66.2 Å². The van der Waals surface area contributed by atoms with Crippen LogP contribution in [0.2, 0.25) is 0 Å². The largest absolute Gasteiger partial charge is 0.457 e. The molecule has 0 aliphatic rings. The van der Waals surface area contributed by atoms with Crippen LogP contribution >= 0.6 is 0 Å². The number of para-hydroxylation sites is 1. The van der Waals surface area contributed by atoms with E-state index >= 15 is 0 Å². The molecule has 0 unspecified atom stereocenters. The van der Waals surface area contributed by atoms with Crippen molar-refractivity contribution in [1.82, 2.24) is 0 Å². The summed E-state index contributed by atoms with van der Waals surface area (Å²) < 4.78 is 5.87. The number of aryl methyl sites for hydroxylation is 1. The zero-order chi connectivity index (χ0) is 12.1. The fourth-order valence-electron chi connectivity index (χ4n) is 1.72. The molecule has 86 valence electrons. The average Bonchev–Trinajstić information content (AvgIpc) is 2.40. The number of rotatable bonds is 4. The van der Waals surface area contributed by atoms with Gasteiger partial charge in [0.15, 0.2) is 0 Å². The van der Waals surface area contributed by atoms with E-state index in [0.29, 0.717) is 0 Å². The number of benzene rings is 2. The van der Waals surface area contributed by atoms with Crippen LogP contribution in [0.4, 0.5) is 0 Å². The molecule has 0 heterocycles. The van der Waals surface area contributed by atoms with Crippen molar-refractivity contribution in [3.63, 3.8) is 0 Å². The van der Waals surface area contributed by atoms with Gasteiger partial charge in [-0.05, 0) is 41.8 Å². The van der Waals surface area contributed by atoms with Gasteiger partial charge in [0.05, 0.1) is 0 Å². The molecule has 0 aliphatic carbocycles. The van der Waals surface area contributed by atoms with Gasteiger partial charge in [0, 0.05) is 0 Å². The first kappa shape index (κ1) is 11.5. The van der Waals surface area contributed by atoms with Crippen LogP contribution in [-0.2, 0) is 6.42 Å². The van der Waals surface area contributed by atoms with Crippen LogP contribution in [0.5, 0.6) is 11.5 Å². The maximum absolute atomic E-state index is 5.87. The smallest absolute Gasteiger partial charge is 0.130 e. The van der Waals surface area contributed by atoms with Crippen molar-refractivity contribution in [2.45, 2.75) is 13.3 Å². The van der Waals surface area contributed by atoms with E-state index in [1.807, 2.05) is 48.5 Å². The first-order chi connectivity index (χ1) is 8.33. The molecule has 17 heavy (non-hydrogen) atoms. The second kappa shape index (κ2) is 5.35. The summed E-state index contributed by atoms with van der Waals surface area (Å²) in [5, 5.41) is 0. The normalized spacial score (nSPS) is 9.94. The second-order valence-electron chi connectivity index (χ2n) is 3.84. The summed E-state index contributed by atoms with van der Waals surface area (Å²) in [6, 6.07) is 16.0. The Morgan fingerprint density at radius 2 is 1.88 bits per heavy atom. The van der Waals surface area contributed by atoms with Gasteiger partial charge in [-0.15, -0.1) is 0 Å². The predicted octanol–water partition coefficient (Wildman–Crippen LogP) is 4.68. The van der Waals surface area contributed by atoms with Gasteiger partial charge in [0.1, 0.15) is 11.5 Å². The Kier molecular flexibility index (Phi) is 3.61. The summed E-state index contributed by atoms with van der Waals surface area (Å²) in [7, 11) is 0. The molecule has 1 nitrogen and oxygen atoms in total. The second-order valence-corrected chi connectivity index (χ2v) is 3.84. The molecular formula is C16H16O. The van der Waals surface area contributed by atoms with Gasteiger partial charge in [0.2, 0.25) is 0 Å². The topological polar surface area (TPSA) is 9.23 Å². The maximum Gasteiger partial charge on any atom is 0.130 e. The van der Waals surface area contributed by atoms with Crippen molar-refractivity contribution in [1.29, 1.82) is 0 Å². The molecule has 0 bridgehead atoms. The average molecular weight is 224 g/mol. The number of hydrogen-bond acceptors (Lipinski definition) is 1. The van der Waals surface area contributed by atoms with Crippen molar-refractivity contribution in [3.8, 4) is 11.5 Å². The Hall–Kier alpha value is -2.02. The van der Waals surface area contributed by atoms with E-state index in [0.717, 1.165) is 23.5 Å². The number of ether oxygens (including phenoxy) is 1. The van der Waals surface area contributed by atoms with Crippen molar-refractivity contribution >= 4 is 6.08 Å². The molecule has 0 atom stereocenters. The van der Waals surface area contributed by atoms with Crippen LogP contribution in [0, 0.1) is 0 Å². The van der Waals surface area contributed by atoms with E-state index in [9.17, 15) is 0 Å². The van der Waals surface area contributed by atoms with E-state index in [4.69, 9.17) is 4.74 Å². The van der Waals surface area contributed by atoms with Crippen LogP contribution in [0.1, 0.15) is 18.1 Å². The Bertz CT molecular complexity index is 500. The van der Waals surface area contributed by atoms with Crippen molar-refractivity contribution in [2.24, 2.45) is 0 Å². The summed E-state index contributed by atoms with van der Waals surface area (Å²) in [5.41, 5.74) is 2.33. The van der Waals surface area contributed by atoms with Gasteiger partial charge >= 0.3 is 0 Å². The molecule has 0 saturated heterocycles. The molecule has 0 aliphatic heterocycles. The van der Waals surface area contributed by atoms with Gasteiger partial charge in [-0.1, -0.05) is 43.8 Å². The highest BCUT2D eigenvalue weighted by molar-refractivity contribution is 5.52. The molecule has 0 N–H and O–H groups in total. The summed E-state index contributed by atoms with van der Waals surface area (Å²) in [5.74, 6) is 1.79. The summed E-state index contributed by atoms with van der Waals surface area (Å²) in [6.45, 7) is 5.90. The first-order valence-electron chi connectivity index (χ1n) is 5.81. The molecule has 0 amide bonds. The fraction of sp³-hybridized carbons (Fsp3) is 0.125. The van der Waals surface area contributed by atoms with E-state index in [2.05, 4.69) is 19.6 Å². The summed E-state index contributed by atoms with van der Waals surface area (Å²) >= 11 is 0.